The molecule has 0 aromatic carbocycles. The third kappa shape index (κ3) is 5.23. The number of carbonyl (C=O) groups excluding carboxylic acids is 1. The van der Waals surface area contributed by atoms with Gasteiger partial charge in [-0.2, -0.15) is 5.10 Å². The van der Waals surface area contributed by atoms with Gasteiger partial charge in [-0.3, -0.25) is 4.68 Å². The van der Waals surface area contributed by atoms with Crippen LogP contribution in [-0.2, 0) is 13.6 Å². The van der Waals surface area contributed by atoms with Crippen molar-refractivity contribution in [1.82, 2.24) is 25.3 Å². The van der Waals surface area contributed by atoms with Crippen molar-refractivity contribution in [2.24, 2.45) is 18.9 Å². The Hall–Kier alpha value is -1.56. The van der Waals surface area contributed by atoms with Crippen LogP contribution in [0.4, 0.5) is 4.79 Å². The SMILES string of the molecule is Cc1c(CNC(=O)N[C@@H](C)CN2C[C@H](C)C[C@H](C)C2)cnn1C. The summed E-state index contributed by atoms with van der Waals surface area (Å²) in [6.45, 7) is 12.4. The minimum absolute atomic E-state index is 0.112. The summed E-state index contributed by atoms with van der Waals surface area (Å²) >= 11 is 0. The monoisotopic (exact) mass is 321 g/mol. The number of piperidine rings is 1. The van der Waals surface area contributed by atoms with Gasteiger partial charge in [0.2, 0.25) is 0 Å². The van der Waals surface area contributed by atoms with Crippen LogP contribution in [0.2, 0.25) is 0 Å². The van der Waals surface area contributed by atoms with Gasteiger partial charge in [0.05, 0.1) is 6.20 Å². The Morgan fingerprint density at radius 2 is 2.04 bits per heavy atom. The van der Waals surface area contributed by atoms with Crippen molar-refractivity contribution in [3.05, 3.63) is 17.5 Å². The summed E-state index contributed by atoms with van der Waals surface area (Å²) in [5, 5.41) is 10.1. The molecule has 6 nitrogen and oxygen atoms in total. The van der Waals surface area contributed by atoms with Crippen LogP contribution < -0.4 is 10.6 Å². The van der Waals surface area contributed by atoms with Crippen LogP contribution in [0.3, 0.4) is 0 Å². The number of carbonyl (C=O) groups is 1. The molecule has 0 spiro atoms. The van der Waals surface area contributed by atoms with Gasteiger partial charge in [0.15, 0.2) is 0 Å². The Morgan fingerprint density at radius 3 is 2.61 bits per heavy atom. The van der Waals surface area contributed by atoms with Gasteiger partial charge in [-0.25, -0.2) is 4.79 Å². The topological polar surface area (TPSA) is 62.2 Å². The van der Waals surface area contributed by atoms with E-state index in [4.69, 9.17) is 0 Å². The van der Waals surface area contributed by atoms with E-state index in [0.717, 1.165) is 42.7 Å². The van der Waals surface area contributed by atoms with Crippen LogP contribution in [0, 0.1) is 18.8 Å². The fraction of sp³-hybridized carbons (Fsp3) is 0.765. The van der Waals surface area contributed by atoms with Crippen LogP contribution >= 0.6 is 0 Å². The minimum Gasteiger partial charge on any atom is -0.334 e. The van der Waals surface area contributed by atoms with Crippen molar-refractivity contribution >= 4 is 6.03 Å². The van der Waals surface area contributed by atoms with Crippen LogP contribution in [0.5, 0.6) is 0 Å². The zero-order valence-electron chi connectivity index (χ0n) is 15.1. The highest BCUT2D eigenvalue weighted by Gasteiger charge is 2.23. The second kappa shape index (κ2) is 7.81. The molecule has 2 heterocycles. The molecule has 1 aromatic heterocycles. The number of nitrogens with zero attached hydrogens (tertiary/aromatic N) is 3. The highest BCUT2D eigenvalue weighted by atomic mass is 16.2. The van der Waals surface area contributed by atoms with Gasteiger partial charge in [-0.05, 0) is 32.1 Å². The van der Waals surface area contributed by atoms with E-state index >= 15 is 0 Å². The standard InChI is InChI=1S/C17H31N5O/c1-12-6-13(2)10-22(9-12)11-14(3)20-17(23)18-7-16-8-19-21(5)15(16)4/h8,12-14H,6-7,9-11H2,1-5H3,(H2,18,20,23)/t12-,13+,14-/m0/s1. The summed E-state index contributed by atoms with van der Waals surface area (Å²) in [6.07, 6.45) is 3.11. The number of urea groups is 1. The van der Waals surface area contributed by atoms with Crippen LogP contribution in [0.1, 0.15) is 38.4 Å². The number of likely N-dealkylation sites (tertiary alicyclic amines) is 1. The number of hydrogen-bond acceptors (Lipinski definition) is 3. The fourth-order valence-electron chi connectivity index (χ4n) is 3.54. The van der Waals surface area contributed by atoms with Gasteiger partial charge >= 0.3 is 6.03 Å². The van der Waals surface area contributed by atoms with Gasteiger partial charge in [-0.1, -0.05) is 13.8 Å². The molecule has 1 aliphatic rings. The number of aromatic nitrogens is 2. The normalized spacial score (nSPS) is 23.5. The molecular formula is C17H31N5O. The summed E-state index contributed by atoms with van der Waals surface area (Å²) in [7, 11) is 1.90. The van der Waals surface area contributed by atoms with Gasteiger partial charge in [-0.15, -0.1) is 0 Å². The zero-order chi connectivity index (χ0) is 17.0. The maximum Gasteiger partial charge on any atom is 0.315 e. The summed E-state index contributed by atoms with van der Waals surface area (Å²) in [6, 6.07) is 0.0290. The molecule has 2 N–H and O–H groups in total. The number of rotatable bonds is 5. The molecule has 0 saturated carbocycles. The molecule has 2 amide bonds. The van der Waals surface area contributed by atoms with Crippen molar-refractivity contribution in [3.63, 3.8) is 0 Å². The Morgan fingerprint density at radius 1 is 1.39 bits per heavy atom. The lowest BCUT2D eigenvalue weighted by Gasteiger charge is -2.36. The predicted molar refractivity (Wildman–Crippen MR) is 92.2 cm³/mol. The molecule has 0 unspecified atom stereocenters. The average molecular weight is 321 g/mol. The van der Waals surface area contributed by atoms with E-state index < -0.39 is 0 Å². The molecule has 0 aliphatic carbocycles. The third-order valence-electron chi connectivity index (χ3n) is 4.63. The van der Waals surface area contributed by atoms with Crippen LogP contribution in [0.15, 0.2) is 6.20 Å². The Bertz CT molecular complexity index is 517. The second-order valence-corrected chi connectivity index (χ2v) is 7.27. The van der Waals surface area contributed by atoms with Crippen molar-refractivity contribution < 1.29 is 4.79 Å². The Labute approximate surface area is 139 Å². The van der Waals surface area contributed by atoms with E-state index in [1.165, 1.54) is 6.42 Å². The maximum atomic E-state index is 12.0. The van der Waals surface area contributed by atoms with Crippen molar-refractivity contribution in [2.75, 3.05) is 19.6 Å². The first kappa shape index (κ1) is 17.8. The van der Waals surface area contributed by atoms with Crippen molar-refractivity contribution in [2.45, 2.75) is 46.7 Å². The van der Waals surface area contributed by atoms with E-state index in [2.05, 4.69) is 41.4 Å². The number of hydrogen-bond donors (Lipinski definition) is 2. The summed E-state index contributed by atoms with van der Waals surface area (Å²) < 4.78 is 1.82. The molecule has 1 aromatic rings. The predicted octanol–water partition coefficient (Wildman–Crippen LogP) is 1.89. The van der Waals surface area contributed by atoms with Gasteiger partial charge in [0.25, 0.3) is 0 Å². The zero-order valence-corrected chi connectivity index (χ0v) is 15.1. The maximum absolute atomic E-state index is 12.0. The van der Waals surface area contributed by atoms with Gasteiger partial charge in [0, 0.05) is 50.5 Å². The van der Waals surface area contributed by atoms with E-state index in [1.807, 2.05) is 18.7 Å². The summed E-state index contributed by atoms with van der Waals surface area (Å²) in [5.41, 5.74) is 2.13. The number of amides is 2. The summed E-state index contributed by atoms with van der Waals surface area (Å²) in [4.78, 5) is 14.5. The lowest BCUT2D eigenvalue weighted by Crippen LogP contribution is -2.49. The molecule has 3 atom stereocenters. The van der Waals surface area contributed by atoms with E-state index in [0.29, 0.717) is 6.54 Å². The first-order valence-electron chi connectivity index (χ1n) is 8.59. The minimum atomic E-state index is -0.112. The smallest absolute Gasteiger partial charge is 0.315 e. The van der Waals surface area contributed by atoms with Crippen molar-refractivity contribution in [1.29, 1.82) is 0 Å². The van der Waals surface area contributed by atoms with E-state index in [1.54, 1.807) is 6.20 Å². The van der Waals surface area contributed by atoms with Crippen LogP contribution in [-0.4, -0.2) is 46.4 Å². The molecule has 2 rings (SSSR count). The lowest BCUT2D eigenvalue weighted by molar-refractivity contribution is 0.131. The highest BCUT2D eigenvalue weighted by Crippen LogP contribution is 2.20. The first-order valence-corrected chi connectivity index (χ1v) is 8.59. The second-order valence-electron chi connectivity index (χ2n) is 7.27. The quantitative estimate of drug-likeness (QED) is 0.870. The van der Waals surface area contributed by atoms with Gasteiger partial charge < -0.3 is 15.5 Å². The summed E-state index contributed by atoms with van der Waals surface area (Å²) in [5.74, 6) is 1.49. The highest BCUT2D eigenvalue weighted by molar-refractivity contribution is 5.74. The molecule has 130 valence electrons. The third-order valence-corrected chi connectivity index (χ3v) is 4.63. The molecule has 1 saturated heterocycles. The lowest BCUT2D eigenvalue weighted by atomic mass is 9.92. The molecule has 6 heteroatoms. The average Bonchev–Trinajstić information content (AvgIpc) is 2.75. The molecule has 0 bridgehead atoms. The molecule has 1 fully saturated rings. The number of aryl methyl sites for hydroxylation is 1. The fourth-order valence-corrected chi connectivity index (χ4v) is 3.54. The largest absolute Gasteiger partial charge is 0.334 e. The molecular weight excluding hydrogens is 290 g/mol. The first-order chi connectivity index (χ1) is 10.8. The van der Waals surface area contributed by atoms with Gasteiger partial charge in [0.1, 0.15) is 0 Å². The van der Waals surface area contributed by atoms with E-state index in [-0.39, 0.29) is 12.1 Å². The van der Waals surface area contributed by atoms with Crippen molar-refractivity contribution in [3.8, 4) is 0 Å². The molecule has 0 radical (unpaired) electrons. The van der Waals surface area contributed by atoms with Crippen LogP contribution in [0.25, 0.3) is 0 Å². The molecule has 1 aliphatic heterocycles. The Kier molecular flexibility index (Phi) is 6.04. The Balaban J connectivity index is 1.73. The molecule has 23 heavy (non-hydrogen) atoms. The van der Waals surface area contributed by atoms with E-state index in [9.17, 15) is 4.79 Å². The number of nitrogens with one attached hydrogen (secondary N) is 2.